The van der Waals surface area contributed by atoms with Crippen LogP contribution in [-0.2, 0) is 11.3 Å². The van der Waals surface area contributed by atoms with E-state index < -0.39 is 0 Å². The van der Waals surface area contributed by atoms with Crippen LogP contribution >= 0.6 is 0 Å². The van der Waals surface area contributed by atoms with Crippen LogP contribution < -0.4 is 10.2 Å². The Morgan fingerprint density at radius 1 is 1.17 bits per heavy atom. The molecule has 0 bridgehead atoms. The molecule has 5 nitrogen and oxygen atoms in total. The second kappa shape index (κ2) is 7.25. The van der Waals surface area contributed by atoms with Gasteiger partial charge in [0.1, 0.15) is 0 Å². The Labute approximate surface area is 141 Å². The first-order chi connectivity index (χ1) is 11.6. The minimum absolute atomic E-state index is 0.144. The van der Waals surface area contributed by atoms with E-state index >= 15 is 0 Å². The molecule has 1 aliphatic rings. The first-order valence-corrected chi connectivity index (χ1v) is 8.24. The molecule has 0 saturated carbocycles. The predicted octanol–water partition coefficient (Wildman–Crippen LogP) is 2.84. The summed E-state index contributed by atoms with van der Waals surface area (Å²) in [5.74, 6) is 0.0128. The smallest absolute Gasteiger partial charge is 0.251 e. The number of nitrogens with zero attached hydrogens (tertiary/aromatic N) is 2. The molecule has 3 rings (SSSR count). The van der Waals surface area contributed by atoms with Crippen LogP contribution in [0.15, 0.2) is 42.5 Å². The van der Waals surface area contributed by atoms with Crippen LogP contribution in [0.4, 0.5) is 5.69 Å². The molecule has 5 heteroatoms. The summed E-state index contributed by atoms with van der Waals surface area (Å²) in [5, 5.41) is 2.87. The number of carbonyl (C=O) groups excluding carboxylic acids is 2. The number of aromatic nitrogens is 1. The van der Waals surface area contributed by atoms with Crippen molar-refractivity contribution in [2.45, 2.75) is 32.7 Å². The van der Waals surface area contributed by atoms with Gasteiger partial charge in [0.2, 0.25) is 5.91 Å². The monoisotopic (exact) mass is 323 g/mol. The molecule has 0 spiro atoms. The van der Waals surface area contributed by atoms with E-state index in [-0.39, 0.29) is 11.8 Å². The number of pyridine rings is 1. The number of hydrogen-bond acceptors (Lipinski definition) is 3. The van der Waals surface area contributed by atoms with E-state index in [1.54, 1.807) is 17.0 Å². The van der Waals surface area contributed by atoms with Crippen molar-refractivity contribution >= 4 is 17.5 Å². The van der Waals surface area contributed by atoms with Gasteiger partial charge in [-0.2, -0.15) is 0 Å². The van der Waals surface area contributed by atoms with Crippen molar-refractivity contribution < 1.29 is 9.59 Å². The van der Waals surface area contributed by atoms with Crippen LogP contribution in [0.2, 0.25) is 0 Å². The second-order valence-corrected chi connectivity index (χ2v) is 6.00. The lowest BCUT2D eigenvalue weighted by Crippen LogP contribution is -2.35. The summed E-state index contributed by atoms with van der Waals surface area (Å²) in [5.41, 5.74) is 3.20. The lowest BCUT2D eigenvalue weighted by molar-refractivity contribution is -0.119. The second-order valence-electron chi connectivity index (χ2n) is 6.00. The highest BCUT2D eigenvalue weighted by atomic mass is 16.2. The fourth-order valence-electron chi connectivity index (χ4n) is 2.84. The van der Waals surface area contributed by atoms with Crippen molar-refractivity contribution in [1.82, 2.24) is 10.3 Å². The molecular weight excluding hydrogens is 302 g/mol. The first kappa shape index (κ1) is 16.2. The van der Waals surface area contributed by atoms with Crippen molar-refractivity contribution in [3.63, 3.8) is 0 Å². The predicted molar refractivity (Wildman–Crippen MR) is 92.8 cm³/mol. The van der Waals surface area contributed by atoms with Crippen LogP contribution in [0.25, 0.3) is 0 Å². The Kier molecular flexibility index (Phi) is 4.89. The van der Waals surface area contributed by atoms with E-state index in [0.717, 1.165) is 36.5 Å². The molecule has 2 amide bonds. The Morgan fingerprint density at radius 2 is 1.96 bits per heavy atom. The summed E-state index contributed by atoms with van der Waals surface area (Å²) in [7, 11) is 0. The molecule has 1 aromatic heterocycles. The highest BCUT2D eigenvalue weighted by Crippen LogP contribution is 2.21. The van der Waals surface area contributed by atoms with Gasteiger partial charge in [0.25, 0.3) is 5.91 Å². The summed E-state index contributed by atoms with van der Waals surface area (Å²) >= 11 is 0. The molecular formula is C19H21N3O2. The third-order valence-electron chi connectivity index (χ3n) is 4.14. The Morgan fingerprint density at radius 3 is 2.67 bits per heavy atom. The van der Waals surface area contributed by atoms with Crippen molar-refractivity contribution in [3.05, 3.63) is 59.4 Å². The van der Waals surface area contributed by atoms with Gasteiger partial charge in [-0.15, -0.1) is 0 Å². The summed E-state index contributed by atoms with van der Waals surface area (Å²) < 4.78 is 0. The van der Waals surface area contributed by atoms with E-state index in [1.165, 1.54) is 0 Å². The molecule has 2 aromatic rings. The molecule has 24 heavy (non-hydrogen) atoms. The maximum absolute atomic E-state index is 12.2. The van der Waals surface area contributed by atoms with Gasteiger partial charge in [0.05, 0.1) is 12.2 Å². The van der Waals surface area contributed by atoms with Crippen LogP contribution in [0.3, 0.4) is 0 Å². The van der Waals surface area contributed by atoms with Crippen molar-refractivity contribution in [2.24, 2.45) is 0 Å². The maximum atomic E-state index is 12.2. The topological polar surface area (TPSA) is 62.3 Å². The number of piperidine rings is 1. The zero-order valence-electron chi connectivity index (χ0n) is 13.8. The average molecular weight is 323 g/mol. The van der Waals surface area contributed by atoms with Gasteiger partial charge in [-0.1, -0.05) is 6.07 Å². The zero-order valence-corrected chi connectivity index (χ0v) is 13.8. The van der Waals surface area contributed by atoms with Gasteiger partial charge in [-0.3, -0.25) is 14.6 Å². The average Bonchev–Trinajstić information content (AvgIpc) is 2.60. The summed E-state index contributed by atoms with van der Waals surface area (Å²) in [6.45, 7) is 3.07. The fraction of sp³-hybridized carbons (Fsp3) is 0.316. The Balaban J connectivity index is 1.62. The van der Waals surface area contributed by atoms with Gasteiger partial charge in [0, 0.05) is 29.9 Å². The minimum atomic E-state index is -0.144. The fourth-order valence-corrected chi connectivity index (χ4v) is 2.84. The van der Waals surface area contributed by atoms with E-state index in [2.05, 4.69) is 10.3 Å². The quantitative estimate of drug-likeness (QED) is 0.941. The van der Waals surface area contributed by atoms with Crippen molar-refractivity contribution in [3.8, 4) is 0 Å². The molecule has 2 heterocycles. The third-order valence-corrected chi connectivity index (χ3v) is 4.14. The van der Waals surface area contributed by atoms with Gasteiger partial charge < -0.3 is 10.2 Å². The maximum Gasteiger partial charge on any atom is 0.251 e. The van der Waals surface area contributed by atoms with Crippen molar-refractivity contribution in [2.75, 3.05) is 11.4 Å². The molecule has 1 N–H and O–H groups in total. The summed E-state index contributed by atoms with van der Waals surface area (Å²) in [6, 6.07) is 12.9. The van der Waals surface area contributed by atoms with Crippen molar-refractivity contribution in [1.29, 1.82) is 0 Å². The largest absolute Gasteiger partial charge is 0.346 e. The molecule has 0 unspecified atom stereocenters. The van der Waals surface area contributed by atoms with Gasteiger partial charge in [-0.05, 0) is 56.2 Å². The van der Waals surface area contributed by atoms with Crippen LogP contribution in [0, 0.1) is 6.92 Å². The molecule has 0 radical (unpaired) electrons. The highest BCUT2D eigenvalue weighted by Gasteiger charge is 2.19. The standard InChI is InChI=1S/C19H21N3O2/c1-14-5-4-6-16(21-14)13-20-19(24)15-8-10-17(11-9-15)22-12-3-2-7-18(22)23/h4-6,8-11H,2-3,7,12-13H2,1H3,(H,20,24). The van der Waals surface area contributed by atoms with Gasteiger partial charge >= 0.3 is 0 Å². The number of nitrogens with one attached hydrogen (secondary N) is 1. The summed E-state index contributed by atoms with van der Waals surface area (Å²) in [6.07, 6.45) is 2.59. The normalized spacial score (nSPS) is 14.5. The molecule has 1 aromatic carbocycles. The lowest BCUT2D eigenvalue weighted by atomic mass is 10.1. The minimum Gasteiger partial charge on any atom is -0.346 e. The van der Waals surface area contributed by atoms with E-state index in [4.69, 9.17) is 0 Å². The lowest BCUT2D eigenvalue weighted by Gasteiger charge is -2.26. The van der Waals surface area contributed by atoms with E-state index in [1.807, 2.05) is 37.3 Å². The number of rotatable bonds is 4. The molecule has 1 aliphatic heterocycles. The van der Waals surface area contributed by atoms with Crippen LogP contribution in [-0.4, -0.2) is 23.3 Å². The number of amides is 2. The van der Waals surface area contributed by atoms with Crippen LogP contribution in [0.1, 0.15) is 41.0 Å². The Bertz CT molecular complexity index is 741. The Hall–Kier alpha value is -2.69. The van der Waals surface area contributed by atoms with Crippen LogP contribution in [0.5, 0.6) is 0 Å². The van der Waals surface area contributed by atoms with E-state index in [0.29, 0.717) is 18.5 Å². The summed E-state index contributed by atoms with van der Waals surface area (Å²) in [4.78, 5) is 30.3. The van der Waals surface area contributed by atoms with Gasteiger partial charge in [-0.25, -0.2) is 0 Å². The number of anilines is 1. The zero-order chi connectivity index (χ0) is 16.9. The molecule has 1 saturated heterocycles. The third kappa shape index (κ3) is 3.79. The van der Waals surface area contributed by atoms with Gasteiger partial charge in [0.15, 0.2) is 0 Å². The molecule has 124 valence electrons. The number of hydrogen-bond donors (Lipinski definition) is 1. The highest BCUT2D eigenvalue weighted by molar-refractivity contribution is 5.96. The molecule has 0 aliphatic carbocycles. The number of carbonyl (C=O) groups is 2. The van der Waals surface area contributed by atoms with E-state index in [9.17, 15) is 9.59 Å². The molecule has 1 fully saturated rings. The first-order valence-electron chi connectivity index (χ1n) is 8.24. The SMILES string of the molecule is Cc1cccc(CNC(=O)c2ccc(N3CCCCC3=O)cc2)n1. The number of aryl methyl sites for hydroxylation is 1. The molecule has 0 atom stereocenters. The number of benzene rings is 1.